The first-order valence-corrected chi connectivity index (χ1v) is 14.6. The van der Waals surface area contributed by atoms with Gasteiger partial charge in [-0.05, 0) is 44.1 Å². The van der Waals surface area contributed by atoms with Gasteiger partial charge in [-0.3, -0.25) is 4.79 Å². The highest BCUT2D eigenvalue weighted by Gasteiger charge is 2.38. The first-order valence-electron chi connectivity index (χ1n) is 13.1. The van der Waals surface area contributed by atoms with E-state index in [1.807, 2.05) is 17.0 Å². The van der Waals surface area contributed by atoms with E-state index in [0.29, 0.717) is 24.5 Å². The smallest absolute Gasteiger partial charge is 0.475 e. The molecular formula is C25H40F3N5O5S. The molecular weight excluding hydrogens is 539 g/mol. The SMILES string of the molecule is CCc1ccc(S(=O)(=O)N(CCCN2CCN(C)CC2)CCC(=O)N2CCNCC2)cc1.O=C(O)C(F)(F)F. The lowest BCUT2D eigenvalue weighted by atomic mass is 10.2. The van der Waals surface area contributed by atoms with Gasteiger partial charge in [-0.1, -0.05) is 19.1 Å². The van der Waals surface area contributed by atoms with Crippen LogP contribution in [-0.4, -0.2) is 130 Å². The molecule has 2 aliphatic heterocycles. The van der Waals surface area contributed by atoms with Gasteiger partial charge in [0.1, 0.15) is 0 Å². The van der Waals surface area contributed by atoms with Gasteiger partial charge in [-0.25, -0.2) is 13.2 Å². The van der Waals surface area contributed by atoms with Gasteiger partial charge in [0.05, 0.1) is 4.90 Å². The van der Waals surface area contributed by atoms with Crippen LogP contribution >= 0.6 is 0 Å². The van der Waals surface area contributed by atoms with Gasteiger partial charge >= 0.3 is 12.1 Å². The van der Waals surface area contributed by atoms with Crippen molar-refractivity contribution in [2.24, 2.45) is 0 Å². The lowest BCUT2D eigenvalue weighted by Gasteiger charge is -2.33. The van der Waals surface area contributed by atoms with Crippen LogP contribution in [0.3, 0.4) is 0 Å². The van der Waals surface area contributed by atoms with Crippen LogP contribution in [0.2, 0.25) is 0 Å². The van der Waals surface area contributed by atoms with E-state index in [4.69, 9.17) is 9.90 Å². The summed E-state index contributed by atoms with van der Waals surface area (Å²) in [5.74, 6) is -2.72. The highest BCUT2D eigenvalue weighted by molar-refractivity contribution is 7.89. The van der Waals surface area contributed by atoms with Crippen LogP contribution < -0.4 is 5.32 Å². The topological polar surface area (TPSA) is 114 Å². The number of alkyl halides is 3. The van der Waals surface area contributed by atoms with Crippen LogP contribution in [0.1, 0.15) is 25.3 Å². The average Bonchev–Trinajstić information content (AvgIpc) is 2.91. The second-order valence-electron chi connectivity index (χ2n) is 9.58. The number of aryl methyl sites for hydroxylation is 1. The molecule has 0 unspecified atom stereocenters. The molecule has 0 aromatic heterocycles. The number of carboxylic acids is 1. The number of aliphatic carboxylic acids is 1. The van der Waals surface area contributed by atoms with E-state index in [9.17, 15) is 26.4 Å². The number of nitrogens with one attached hydrogen (secondary N) is 1. The molecule has 2 aliphatic rings. The molecule has 39 heavy (non-hydrogen) atoms. The lowest BCUT2D eigenvalue weighted by Crippen LogP contribution is -2.47. The second kappa shape index (κ2) is 15.5. The fourth-order valence-electron chi connectivity index (χ4n) is 4.23. The van der Waals surface area contributed by atoms with Gasteiger partial charge in [-0.15, -0.1) is 0 Å². The number of hydrogen-bond donors (Lipinski definition) is 2. The van der Waals surface area contributed by atoms with Crippen molar-refractivity contribution in [3.05, 3.63) is 29.8 Å². The zero-order chi connectivity index (χ0) is 29.1. The predicted octanol–water partition coefficient (Wildman–Crippen LogP) is 1.33. The molecule has 10 nitrogen and oxygen atoms in total. The van der Waals surface area contributed by atoms with Crippen molar-refractivity contribution in [2.45, 2.75) is 37.3 Å². The summed E-state index contributed by atoms with van der Waals surface area (Å²) in [5, 5.41) is 10.4. The molecule has 0 aliphatic carbocycles. The molecule has 1 aromatic carbocycles. The van der Waals surface area contributed by atoms with E-state index < -0.39 is 22.2 Å². The van der Waals surface area contributed by atoms with E-state index in [1.165, 1.54) is 4.31 Å². The molecule has 2 fully saturated rings. The Morgan fingerprint density at radius 3 is 2.08 bits per heavy atom. The largest absolute Gasteiger partial charge is 0.490 e. The summed E-state index contributed by atoms with van der Waals surface area (Å²) < 4.78 is 60.1. The van der Waals surface area contributed by atoms with E-state index in [0.717, 1.165) is 64.2 Å². The predicted molar refractivity (Wildman–Crippen MR) is 141 cm³/mol. The normalized spacial score (nSPS) is 17.5. The first-order chi connectivity index (χ1) is 18.3. The van der Waals surface area contributed by atoms with Crippen LogP contribution in [-0.2, 0) is 26.0 Å². The number of sulfonamides is 1. The minimum absolute atomic E-state index is 0.0344. The van der Waals surface area contributed by atoms with Gasteiger partial charge < -0.3 is 25.1 Å². The summed E-state index contributed by atoms with van der Waals surface area (Å²) in [5.41, 5.74) is 1.11. The average molecular weight is 580 g/mol. The molecule has 0 spiro atoms. The molecule has 0 atom stereocenters. The molecule has 1 aromatic rings. The van der Waals surface area contributed by atoms with E-state index in [2.05, 4.69) is 29.1 Å². The molecule has 3 rings (SSSR count). The van der Waals surface area contributed by atoms with Gasteiger partial charge in [-0.2, -0.15) is 17.5 Å². The van der Waals surface area contributed by atoms with E-state index in [-0.39, 0.29) is 18.9 Å². The molecule has 14 heteroatoms. The zero-order valence-corrected chi connectivity index (χ0v) is 23.4. The zero-order valence-electron chi connectivity index (χ0n) is 22.6. The number of carboxylic acid groups (broad SMARTS) is 1. The number of halogens is 3. The highest BCUT2D eigenvalue weighted by Crippen LogP contribution is 2.18. The minimum atomic E-state index is -5.08. The maximum Gasteiger partial charge on any atom is 0.490 e. The number of piperazine rings is 2. The summed E-state index contributed by atoms with van der Waals surface area (Å²) in [7, 11) is -1.51. The van der Waals surface area contributed by atoms with E-state index >= 15 is 0 Å². The van der Waals surface area contributed by atoms with E-state index in [1.54, 1.807) is 12.1 Å². The molecule has 0 radical (unpaired) electrons. The Labute approximate surface area is 228 Å². The second-order valence-corrected chi connectivity index (χ2v) is 11.5. The quantitative estimate of drug-likeness (QED) is 0.427. The Morgan fingerprint density at radius 2 is 1.56 bits per heavy atom. The van der Waals surface area contributed by atoms with Gasteiger partial charge in [0.2, 0.25) is 15.9 Å². The molecule has 2 saturated heterocycles. The maximum absolute atomic E-state index is 13.4. The number of carbonyl (C=O) groups excluding carboxylic acids is 1. The minimum Gasteiger partial charge on any atom is -0.475 e. The van der Waals surface area contributed by atoms with Crippen LogP contribution in [0.15, 0.2) is 29.2 Å². The van der Waals surface area contributed by atoms with Gasteiger partial charge in [0.15, 0.2) is 0 Å². The van der Waals surface area contributed by atoms with Crippen molar-refractivity contribution in [3.8, 4) is 0 Å². The number of benzene rings is 1. The van der Waals surface area contributed by atoms with Crippen LogP contribution in [0.25, 0.3) is 0 Å². The Morgan fingerprint density at radius 1 is 1.00 bits per heavy atom. The summed E-state index contributed by atoms with van der Waals surface area (Å²) in [6.07, 6.45) is -3.23. The van der Waals surface area contributed by atoms with Gasteiger partial charge in [0, 0.05) is 71.9 Å². The standard InChI is InChI=1S/C23H39N5O3S.C2HF3O2/c1-3-21-5-7-22(8-6-21)32(30,31)28(13-4-12-26-19-17-25(2)18-20-26)14-9-23(29)27-15-10-24-11-16-27;3-2(4,5)1(6)7/h5-8,24H,3-4,9-20H2,1-2H3;(H,6,7). The van der Waals surface area contributed by atoms with Crippen molar-refractivity contribution in [3.63, 3.8) is 0 Å². The molecule has 0 saturated carbocycles. The Balaban J connectivity index is 0.000000673. The number of nitrogens with zero attached hydrogens (tertiary/aromatic N) is 4. The number of hydrogen-bond acceptors (Lipinski definition) is 7. The number of amides is 1. The van der Waals surface area contributed by atoms with Crippen molar-refractivity contribution in [1.29, 1.82) is 0 Å². The molecule has 222 valence electrons. The third-order valence-corrected chi connectivity index (χ3v) is 8.65. The Hall–Kier alpha value is -2.26. The van der Waals surface area contributed by atoms with Crippen LogP contribution in [0.4, 0.5) is 13.2 Å². The molecule has 0 bridgehead atoms. The summed E-state index contributed by atoms with van der Waals surface area (Å²) in [6.45, 7) is 10.7. The maximum atomic E-state index is 13.4. The third-order valence-electron chi connectivity index (χ3n) is 6.73. The summed E-state index contributed by atoms with van der Waals surface area (Å²) in [6, 6.07) is 7.14. The lowest BCUT2D eigenvalue weighted by molar-refractivity contribution is -0.192. The molecule has 2 heterocycles. The monoisotopic (exact) mass is 579 g/mol. The summed E-state index contributed by atoms with van der Waals surface area (Å²) in [4.78, 5) is 28.4. The highest BCUT2D eigenvalue weighted by atomic mass is 32.2. The Kier molecular flexibility index (Phi) is 13.1. The molecule has 1 amide bonds. The third kappa shape index (κ3) is 11.0. The molecule has 2 N–H and O–H groups in total. The fraction of sp³-hybridized carbons (Fsp3) is 0.680. The van der Waals surface area contributed by atoms with Crippen LogP contribution in [0, 0.1) is 0 Å². The Bertz CT molecular complexity index is 1010. The number of rotatable bonds is 10. The summed E-state index contributed by atoms with van der Waals surface area (Å²) >= 11 is 0. The van der Waals surface area contributed by atoms with Crippen LogP contribution in [0.5, 0.6) is 0 Å². The van der Waals surface area contributed by atoms with Crippen molar-refractivity contribution in [2.75, 3.05) is 79.0 Å². The first kappa shape index (κ1) is 32.9. The number of likely N-dealkylation sites (N-methyl/N-ethyl adjacent to an activating group) is 1. The fourth-order valence-corrected chi connectivity index (χ4v) is 5.71. The van der Waals surface area contributed by atoms with Crippen molar-refractivity contribution < 1.29 is 36.3 Å². The van der Waals surface area contributed by atoms with Crippen molar-refractivity contribution in [1.82, 2.24) is 24.3 Å². The van der Waals surface area contributed by atoms with Crippen molar-refractivity contribution >= 4 is 21.9 Å². The van der Waals surface area contributed by atoms with Gasteiger partial charge in [0.25, 0.3) is 0 Å². The number of carbonyl (C=O) groups is 2.